The van der Waals surface area contributed by atoms with E-state index in [-0.39, 0.29) is 15.7 Å². The summed E-state index contributed by atoms with van der Waals surface area (Å²) in [4.78, 5) is 20.3. The van der Waals surface area contributed by atoms with E-state index in [9.17, 15) is 9.18 Å². The Balaban J connectivity index is 1.52. The van der Waals surface area contributed by atoms with Crippen molar-refractivity contribution in [3.63, 3.8) is 0 Å². The molecule has 0 unspecified atom stereocenters. The Kier molecular flexibility index (Phi) is 5.64. The lowest BCUT2D eigenvalue weighted by Crippen LogP contribution is -2.12. The topological polar surface area (TPSA) is 80.0 Å². The second kappa shape index (κ2) is 8.22. The van der Waals surface area contributed by atoms with Crippen LogP contribution in [0.3, 0.4) is 0 Å². The fourth-order valence-corrected chi connectivity index (χ4v) is 4.68. The summed E-state index contributed by atoms with van der Waals surface area (Å²) in [5.41, 5.74) is 1.93. The van der Waals surface area contributed by atoms with Gasteiger partial charge in [0.15, 0.2) is 0 Å². The normalized spacial score (nSPS) is 11.2. The van der Waals surface area contributed by atoms with Crippen molar-refractivity contribution in [2.45, 2.75) is 13.5 Å². The molecule has 0 aliphatic rings. The molecule has 0 aliphatic carbocycles. The highest BCUT2D eigenvalue weighted by Gasteiger charge is 2.16. The summed E-state index contributed by atoms with van der Waals surface area (Å²) in [7, 11) is 0. The molecular formula is C20H15Cl2FN4O2S. The van der Waals surface area contributed by atoms with Crippen LogP contribution in [0.1, 0.15) is 15.4 Å². The van der Waals surface area contributed by atoms with Crippen LogP contribution in [0.15, 0.2) is 36.7 Å². The summed E-state index contributed by atoms with van der Waals surface area (Å²) in [6, 6.07) is 8.07. The average molecular weight is 465 g/mol. The minimum Gasteiger partial charge on any atom is -0.477 e. The molecule has 10 heteroatoms. The molecule has 0 radical (unpaired) electrons. The second-order valence-corrected chi connectivity index (χ2v) is 8.40. The van der Waals surface area contributed by atoms with Crippen molar-refractivity contribution < 1.29 is 14.3 Å². The van der Waals surface area contributed by atoms with Crippen molar-refractivity contribution in [1.29, 1.82) is 0 Å². The zero-order chi connectivity index (χ0) is 21.4. The third kappa shape index (κ3) is 3.86. The number of carboxylic acid groups (broad SMARTS) is 1. The number of hydrogen-bond donors (Lipinski definition) is 2. The maximum atomic E-state index is 14.4. The van der Waals surface area contributed by atoms with Gasteiger partial charge in [-0.25, -0.2) is 19.2 Å². The Hall–Kier alpha value is -2.68. The van der Waals surface area contributed by atoms with Gasteiger partial charge in [-0.2, -0.15) is 0 Å². The quantitative estimate of drug-likeness (QED) is 0.381. The molecule has 4 rings (SSSR count). The number of anilines is 1. The maximum Gasteiger partial charge on any atom is 0.347 e. The van der Waals surface area contributed by atoms with Crippen LogP contribution < -0.4 is 5.32 Å². The largest absolute Gasteiger partial charge is 0.477 e. The van der Waals surface area contributed by atoms with E-state index in [1.807, 2.05) is 17.6 Å². The Bertz CT molecular complexity index is 1270. The summed E-state index contributed by atoms with van der Waals surface area (Å²) in [5, 5.41) is 13.7. The number of fused-ring (bicyclic) bond motifs is 1. The zero-order valence-electron chi connectivity index (χ0n) is 15.6. The van der Waals surface area contributed by atoms with Crippen LogP contribution >= 0.6 is 34.5 Å². The molecule has 2 N–H and O–H groups in total. The lowest BCUT2D eigenvalue weighted by atomic mass is 10.2. The van der Waals surface area contributed by atoms with Crippen LogP contribution in [0, 0.1) is 12.7 Å². The predicted molar refractivity (Wildman–Crippen MR) is 117 cm³/mol. The van der Waals surface area contributed by atoms with Gasteiger partial charge in [-0.3, -0.25) is 0 Å². The first-order valence-electron chi connectivity index (χ1n) is 8.88. The fraction of sp³-hybridized carbons (Fsp3) is 0.150. The summed E-state index contributed by atoms with van der Waals surface area (Å²) >= 11 is 13.2. The van der Waals surface area contributed by atoms with Gasteiger partial charge in [0.25, 0.3) is 0 Å². The lowest BCUT2D eigenvalue weighted by Gasteiger charge is -2.11. The summed E-state index contributed by atoms with van der Waals surface area (Å²) in [5.74, 6) is -0.838. The fourth-order valence-electron chi connectivity index (χ4n) is 3.25. The Morgan fingerprint density at radius 1 is 1.23 bits per heavy atom. The molecule has 0 amide bonds. The minimum atomic E-state index is -1.08. The number of aromatic carboxylic acids is 1. The Morgan fingerprint density at radius 2 is 2.03 bits per heavy atom. The van der Waals surface area contributed by atoms with Crippen molar-refractivity contribution in [3.05, 3.63) is 63.1 Å². The van der Waals surface area contributed by atoms with Crippen molar-refractivity contribution >= 4 is 57.2 Å². The molecule has 0 atom stereocenters. The lowest BCUT2D eigenvalue weighted by molar-refractivity contribution is 0.0702. The second-order valence-electron chi connectivity index (χ2n) is 6.54. The molecule has 6 nitrogen and oxygen atoms in total. The predicted octanol–water partition coefficient (Wildman–Crippen LogP) is 5.72. The number of aryl methyl sites for hydroxylation is 1. The first kappa shape index (κ1) is 20.6. The molecule has 154 valence electrons. The van der Waals surface area contributed by atoms with Crippen LogP contribution in [0.4, 0.5) is 10.2 Å². The molecule has 0 bridgehead atoms. The first-order chi connectivity index (χ1) is 14.3. The highest BCUT2D eigenvalue weighted by Crippen LogP contribution is 2.34. The van der Waals surface area contributed by atoms with Crippen molar-refractivity contribution in [1.82, 2.24) is 14.5 Å². The van der Waals surface area contributed by atoms with Crippen LogP contribution in [0.2, 0.25) is 10.0 Å². The molecule has 0 saturated carbocycles. The van der Waals surface area contributed by atoms with Crippen LogP contribution in [-0.4, -0.2) is 32.2 Å². The highest BCUT2D eigenvalue weighted by atomic mass is 35.5. The molecule has 3 heterocycles. The van der Waals surface area contributed by atoms with Crippen molar-refractivity contribution in [3.8, 4) is 10.6 Å². The third-order valence-electron chi connectivity index (χ3n) is 4.61. The number of benzene rings is 1. The van der Waals surface area contributed by atoms with Gasteiger partial charge in [0.05, 0.1) is 26.1 Å². The first-order valence-corrected chi connectivity index (χ1v) is 10.4. The molecule has 0 saturated heterocycles. The van der Waals surface area contributed by atoms with E-state index in [1.54, 1.807) is 18.2 Å². The van der Waals surface area contributed by atoms with E-state index >= 15 is 0 Å². The molecule has 4 aromatic rings. The molecule has 0 spiro atoms. The van der Waals surface area contributed by atoms with Crippen LogP contribution in [0.25, 0.3) is 21.5 Å². The summed E-state index contributed by atoms with van der Waals surface area (Å²) in [6.45, 7) is 2.89. The maximum absolute atomic E-state index is 14.4. The summed E-state index contributed by atoms with van der Waals surface area (Å²) < 4.78 is 16.2. The van der Waals surface area contributed by atoms with Gasteiger partial charge in [0.1, 0.15) is 22.8 Å². The number of hydrogen-bond acceptors (Lipinski definition) is 5. The number of carbonyl (C=O) groups is 1. The van der Waals surface area contributed by atoms with E-state index in [2.05, 4.69) is 15.3 Å². The average Bonchev–Trinajstić information content (AvgIpc) is 3.26. The van der Waals surface area contributed by atoms with Gasteiger partial charge in [0.2, 0.25) is 0 Å². The number of aromatic nitrogens is 3. The van der Waals surface area contributed by atoms with Gasteiger partial charge < -0.3 is 15.0 Å². The smallest absolute Gasteiger partial charge is 0.347 e. The number of halogens is 3. The van der Waals surface area contributed by atoms with Gasteiger partial charge >= 0.3 is 5.97 Å². The summed E-state index contributed by atoms with van der Waals surface area (Å²) in [6.07, 6.45) is 1.39. The van der Waals surface area contributed by atoms with E-state index < -0.39 is 5.97 Å². The molecule has 1 aromatic carbocycles. The van der Waals surface area contributed by atoms with Crippen molar-refractivity contribution in [2.75, 3.05) is 11.9 Å². The number of thiophene rings is 1. The number of nitrogens with zero attached hydrogens (tertiary/aromatic N) is 3. The van der Waals surface area contributed by atoms with Gasteiger partial charge in [-0.1, -0.05) is 23.2 Å². The number of rotatable bonds is 6. The van der Waals surface area contributed by atoms with E-state index in [0.717, 1.165) is 17.0 Å². The van der Waals surface area contributed by atoms with Gasteiger partial charge in [-0.05, 0) is 31.2 Å². The molecular weight excluding hydrogens is 450 g/mol. The Morgan fingerprint density at radius 3 is 2.77 bits per heavy atom. The highest BCUT2D eigenvalue weighted by molar-refractivity contribution is 7.17. The van der Waals surface area contributed by atoms with E-state index in [4.69, 9.17) is 28.3 Å². The monoisotopic (exact) mass is 464 g/mol. The zero-order valence-corrected chi connectivity index (χ0v) is 17.9. The molecule has 3 aromatic heterocycles. The van der Waals surface area contributed by atoms with Gasteiger partial charge in [0, 0.05) is 30.2 Å². The van der Waals surface area contributed by atoms with Crippen LogP contribution in [-0.2, 0) is 6.54 Å². The standard InChI is InChI=1S/C20H15Cl2FN4O2S/c1-10-6-11-12(21)2-3-14(23)18(11)27(10)5-4-24-17-8-15(25-9-26-17)16-7-13(22)19(30-16)20(28)29/h2-3,6-9H,4-5H2,1H3,(H,28,29)(H,24,25,26). The minimum absolute atomic E-state index is 0.0652. The number of carboxylic acids is 1. The number of nitrogens with one attached hydrogen (secondary N) is 1. The van der Waals surface area contributed by atoms with Gasteiger partial charge in [-0.15, -0.1) is 11.3 Å². The molecule has 0 aliphatic heterocycles. The molecule has 30 heavy (non-hydrogen) atoms. The third-order valence-corrected chi connectivity index (χ3v) is 6.49. The molecule has 0 fully saturated rings. The Labute approximate surface area is 184 Å². The van der Waals surface area contributed by atoms with Crippen molar-refractivity contribution in [2.24, 2.45) is 0 Å². The van der Waals surface area contributed by atoms with Crippen LogP contribution in [0.5, 0.6) is 0 Å². The SMILES string of the molecule is Cc1cc2c(Cl)ccc(F)c2n1CCNc1cc(-c2cc(Cl)c(C(=O)O)s2)ncn1. The van der Waals surface area contributed by atoms with E-state index in [1.165, 1.54) is 12.4 Å². The van der Waals surface area contributed by atoms with E-state index in [0.29, 0.717) is 45.4 Å².